The van der Waals surface area contributed by atoms with Crippen LogP contribution in [0.2, 0.25) is 0 Å². The van der Waals surface area contributed by atoms with Crippen molar-refractivity contribution in [3.8, 4) is 0 Å². The summed E-state index contributed by atoms with van der Waals surface area (Å²) in [6.45, 7) is 6.50. The summed E-state index contributed by atoms with van der Waals surface area (Å²) in [5, 5.41) is 19.9. The molecule has 0 aromatic rings. The van der Waals surface area contributed by atoms with Crippen LogP contribution in [0.15, 0.2) is 0 Å². The van der Waals surface area contributed by atoms with Gasteiger partial charge >= 0.3 is 20.5 Å². The second-order valence-corrected chi connectivity index (χ2v) is 7.36. The monoisotopic (exact) mass is 409 g/mol. The van der Waals surface area contributed by atoms with E-state index < -0.39 is 44.5 Å². The third-order valence-corrected chi connectivity index (χ3v) is 5.64. The van der Waals surface area contributed by atoms with Gasteiger partial charge in [-0.2, -0.15) is 17.6 Å². The predicted octanol–water partition coefficient (Wildman–Crippen LogP) is 5.53. The summed E-state index contributed by atoms with van der Waals surface area (Å²) >= 11 is 0. The van der Waals surface area contributed by atoms with E-state index in [4.69, 9.17) is 0 Å². The Bertz CT molecular complexity index is 402. The molecule has 156 valence electrons. The van der Waals surface area contributed by atoms with Crippen LogP contribution in [0.5, 0.6) is 0 Å². The van der Waals surface area contributed by atoms with Crippen molar-refractivity contribution >= 4 is 8.25 Å². The molecule has 0 aromatic carbocycles. The maximum absolute atomic E-state index is 13.7. The lowest BCUT2D eigenvalue weighted by Crippen LogP contribution is -2.31. The fraction of sp³-hybridized carbons (Fsp3) is 1.00. The molecule has 0 heterocycles. The number of halogens is 4. The third-order valence-electron chi connectivity index (χ3n) is 4.81. The van der Waals surface area contributed by atoms with E-state index in [0.717, 1.165) is 0 Å². The molecule has 0 aromatic heterocycles. The van der Waals surface area contributed by atoms with Crippen molar-refractivity contribution in [3.05, 3.63) is 0 Å². The first-order chi connectivity index (χ1) is 11.8. The van der Waals surface area contributed by atoms with Crippen LogP contribution in [0, 0.1) is 0 Å². The van der Waals surface area contributed by atoms with Gasteiger partial charge < -0.3 is 10.2 Å². The second kappa shape index (κ2) is 10.3. The molecular formula is C16H30F4O5P+. The summed E-state index contributed by atoms with van der Waals surface area (Å²) in [5.74, 6) is 0. The Balaban J connectivity index is 4.61. The lowest BCUT2D eigenvalue weighted by molar-refractivity contribution is -0.221. The van der Waals surface area contributed by atoms with E-state index in [1.165, 1.54) is 0 Å². The van der Waals surface area contributed by atoms with Gasteiger partial charge in [0.15, 0.2) is 0 Å². The molecule has 0 bridgehead atoms. The third kappa shape index (κ3) is 9.55. The van der Waals surface area contributed by atoms with Gasteiger partial charge in [0.25, 0.3) is 0 Å². The maximum atomic E-state index is 13.7. The standard InChI is InChI=1S/C16H30F4O5P/c1-5-13(21,6-2)9-11-15(17,18)24-26(23)25-16(19,20)12-10-14(22,7-3)8-4/h21-22H,5-12H2,1-4H3/q+1. The normalized spacial score (nSPS) is 13.9. The van der Waals surface area contributed by atoms with Gasteiger partial charge in [-0.05, 0) is 47.6 Å². The molecule has 0 atom stereocenters. The molecule has 0 aliphatic carbocycles. The van der Waals surface area contributed by atoms with Crippen molar-refractivity contribution < 1.29 is 41.4 Å². The maximum Gasteiger partial charge on any atom is 0.709 e. The number of alkyl halides is 4. The van der Waals surface area contributed by atoms with Gasteiger partial charge in [0, 0.05) is 17.4 Å². The summed E-state index contributed by atoms with van der Waals surface area (Å²) < 4.78 is 73.7. The molecule has 2 N–H and O–H groups in total. The van der Waals surface area contributed by atoms with Gasteiger partial charge in [0.05, 0.1) is 11.2 Å². The van der Waals surface area contributed by atoms with Gasteiger partial charge in [-0.15, -0.1) is 0 Å². The highest BCUT2D eigenvalue weighted by Crippen LogP contribution is 2.43. The largest absolute Gasteiger partial charge is 0.709 e. The number of hydrogen-bond donors (Lipinski definition) is 2. The van der Waals surface area contributed by atoms with Crippen molar-refractivity contribution in [2.24, 2.45) is 0 Å². The zero-order chi connectivity index (χ0) is 20.6. The topological polar surface area (TPSA) is 76.0 Å². The van der Waals surface area contributed by atoms with E-state index in [9.17, 15) is 32.3 Å². The summed E-state index contributed by atoms with van der Waals surface area (Å²) in [7, 11) is -3.78. The molecule has 0 amide bonds. The fourth-order valence-corrected chi connectivity index (χ4v) is 2.95. The Morgan fingerprint density at radius 3 is 1.19 bits per heavy atom. The van der Waals surface area contributed by atoms with E-state index >= 15 is 0 Å². The number of rotatable bonds is 14. The van der Waals surface area contributed by atoms with Gasteiger partial charge in [-0.1, -0.05) is 27.7 Å². The van der Waals surface area contributed by atoms with E-state index in [0.29, 0.717) is 0 Å². The lowest BCUT2D eigenvalue weighted by atomic mass is 9.92. The molecule has 0 spiro atoms. The Morgan fingerprint density at radius 1 is 0.692 bits per heavy atom. The Hall–Kier alpha value is -0.340. The van der Waals surface area contributed by atoms with E-state index in [-0.39, 0.29) is 38.5 Å². The van der Waals surface area contributed by atoms with Crippen molar-refractivity contribution in [2.75, 3.05) is 0 Å². The molecule has 0 fully saturated rings. The SMILES string of the molecule is CCC(O)(CC)CCC(F)(F)O[P+](=O)OC(F)(F)CCC(O)(CC)CC. The molecule has 10 heteroatoms. The average molecular weight is 409 g/mol. The number of hydrogen-bond acceptors (Lipinski definition) is 5. The summed E-state index contributed by atoms with van der Waals surface area (Å²) in [6.07, 6.45) is -9.66. The lowest BCUT2D eigenvalue weighted by Gasteiger charge is -2.26. The van der Waals surface area contributed by atoms with E-state index in [1.807, 2.05) is 0 Å². The first-order valence-corrected chi connectivity index (χ1v) is 9.91. The molecule has 0 saturated heterocycles. The Morgan fingerprint density at radius 2 is 0.962 bits per heavy atom. The Labute approximate surface area is 153 Å². The molecule has 0 radical (unpaired) electrons. The highest BCUT2D eigenvalue weighted by Gasteiger charge is 2.50. The molecule has 0 rings (SSSR count). The van der Waals surface area contributed by atoms with Gasteiger partial charge in [0.2, 0.25) is 0 Å². The summed E-state index contributed by atoms with van der Waals surface area (Å²) in [4.78, 5) is 0. The second-order valence-electron chi connectivity index (χ2n) is 6.54. The first kappa shape index (κ1) is 25.7. The van der Waals surface area contributed by atoms with E-state index in [2.05, 4.69) is 9.05 Å². The molecule has 26 heavy (non-hydrogen) atoms. The average Bonchev–Trinajstić information content (AvgIpc) is 2.56. The van der Waals surface area contributed by atoms with Gasteiger partial charge in [0.1, 0.15) is 0 Å². The van der Waals surface area contributed by atoms with Crippen molar-refractivity contribution in [2.45, 2.75) is 102 Å². The predicted molar refractivity (Wildman–Crippen MR) is 89.2 cm³/mol. The van der Waals surface area contributed by atoms with Crippen molar-refractivity contribution in [3.63, 3.8) is 0 Å². The number of aliphatic hydroxyl groups is 2. The van der Waals surface area contributed by atoms with Crippen LogP contribution in [0.1, 0.15) is 79.1 Å². The first-order valence-electron chi connectivity index (χ1n) is 8.82. The minimum absolute atomic E-state index is 0.234. The van der Waals surface area contributed by atoms with Crippen LogP contribution in [-0.4, -0.2) is 33.6 Å². The molecule has 0 aliphatic rings. The smallest absolute Gasteiger partial charge is 0.390 e. The molecular weight excluding hydrogens is 379 g/mol. The zero-order valence-corrected chi connectivity index (χ0v) is 16.6. The van der Waals surface area contributed by atoms with Crippen LogP contribution in [-0.2, 0) is 13.6 Å². The quantitative estimate of drug-likeness (QED) is 0.292. The van der Waals surface area contributed by atoms with Crippen LogP contribution < -0.4 is 0 Å². The highest BCUT2D eigenvalue weighted by molar-refractivity contribution is 7.33. The van der Waals surface area contributed by atoms with Crippen LogP contribution in [0.4, 0.5) is 17.6 Å². The summed E-state index contributed by atoms with van der Waals surface area (Å²) in [5.41, 5.74) is -2.65. The molecule has 0 aliphatic heterocycles. The zero-order valence-electron chi connectivity index (χ0n) is 15.7. The summed E-state index contributed by atoms with van der Waals surface area (Å²) in [6, 6.07) is 0. The minimum Gasteiger partial charge on any atom is -0.390 e. The van der Waals surface area contributed by atoms with Crippen LogP contribution >= 0.6 is 8.25 Å². The van der Waals surface area contributed by atoms with Gasteiger partial charge in [-0.3, -0.25) is 0 Å². The van der Waals surface area contributed by atoms with Gasteiger partial charge in [-0.25, -0.2) is 0 Å². The van der Waals surface area contributed by atoms with Crippen molar-refractivity contribution in [1.82, 2.24) is 0 Å². The highest BCUT2D eigenvalue weighted by atomic mass is 31.1. The molecule has 0 unspecified atom stereocenters. The van der Waals surface area contributed by atoms with E-state index in [1.54, 1.807) is 27.7 Å². The fourth-order valence-electron chi connectivity index (χ4n) is 2.29. The molecule has 0 saturated carbocycles. The van der Waals surface area contributed by atoms with Crippen LogP contribution in [0.25, 0.3) is 0 Å². The van der Waals surface area contributed by atoms with Crippen molar-refractivity contribution in [1.29, 1.82) is 0 Å². The van der Waals surface area contributed by atoms with Crippen LogP contribution in [0.3, 0.4) is 0 Å². The minimum atomic E-state index is -3.98. The molecule has 5 nitrogen and oxygen atoms in total. The Kier molecular flexibility index (Phi) is 10.1.